The number of ether oxygens (including phenoxy) is 1. The van der Waals surface area contributed by atoms with E-state index in [1.54, 1.807) is 12.3 Å². The molecule has 5 nitrogen and oxygen atoms in total. The van der Waals surface area contributed by atoms with Crippen LogP contribution in [-0.4, -0.2) is 22.8 Å². The third-order valence-corrected chi connectivity index (χ3v) is 3.43. The van der Waals surface area contributed by atoms with Crippen LogP contribution in [0.25, 0.3) is 11.3 Å². The summed E-state index contributed by atoms with van der Waals surface area (Å²) in [5.74, 6) is -0.260. The van der Waals surface area contributed by atoms with Gasteiger partial charge >= 0.3 is 6.61 Å². The van der Waals surface area contributed by atoms with Crippen molar-refractivity contribution in [3.63, 3.8) is 0 Å². The lowest BCUT2D eigenvalue weighted by Gasteiger charge is -2.12. The van der Waals surface area contributed by atoms with E-state index >= 15 is 0 Å². The molecule has 0 atom stereocenters. The summed E-state index contributed by atoms with van der Waals surface area (Å²) in [7, 11) is 0. The summed E-state index contributed by atoms with van der Waals surface area (Å²) >= 11 is 6.91. The Morgan fingerprint density at radius 1 is 1.50 bits per heavy atom. The number of thioether (sulfide) groups is 1. The molecule has 0 radical (unpaired) electrons. The number of nitriles is 1. The first-order chi connectivity index (χ1) is 10.5. The van der Waals surface area contributed by atoms with Gasteiger partial charge in [-0.2, -0.15) is 14.0 Å². The van der Waals surface area contributed by atoms with Gasteiger partial charge in [0.15, 0.2) is 5.16 Å². The summed E-state index contributed by atoms with van der Waals surface area (Å²) in [4.78, 5) is 18.4. The van der Waals surface area contributed by atoms with Crippen molar-refractivity contribution in [1.29, 1.82) is 5.26 Å². The highest BCUT2D eigenvalue weighted by Gasteiger charge is 2.19. The highest BCUT2D eigenvalue weighted by atomic mass is 35.5. The van der Waals surface area contributed by atoms with Crippen LogP contribution in [0.1, 0.15) is 5.56 Å². The number of H-pyrrole nitrogens is 1. The Kier molecular flexibility index (Phi) is 5.00. The number of rotatable bonds is 4. The fourth-order valence-corrected chi connectivity index (χ4v) is 2.27. The Morgan fingerprint density at radius 3 is 2.82 bits per heavy atom. The molecule has 0 aliphatic carbocycles. The minimum absolute atomic E-state index is 0.0390. The first-order valence-corrected chi connectivity index (χ1v) is 7.39. The van der Waals surface area contributed by atoms with Crippen molar-refractivity contribution in [3.05, 3.63) is 39.1 Å². The first kappa shape index (κ1) is 16.3. The second kappa shape index (κ2) is 6.77. The van der Waals surface area contributed by atoms with Crippen molar-refractivity contribution < 1.29 is 13.5 Å². The zero-order valence-electron chi connectivity index (χ0n) is 11.1. The normalized spacial score (nSPS) is 10.5. The smallest absolute Gasteiger partial charge is 0.387 e. The highest BCUT2D eigenvalue weighted by Crippen LogP contribution is 2.34. The molecule has 2 rings (SSSR count). The molecule has 0 spiro atoms. The molecule has 0 saturated carbocycles. The van der Waals surface area contributed by atoms with Gasteiger partial charge in [0.05, 0.1) is 0 Å². The van der Waals surface area contributed by atoms with Gasteiger partial charge in [-0.25, -0.2) is 4.98 Å². The quantitative estimate of drug-likeness (QED) is 0.680. The zero-order chi connectivity index (χ0) is 16.3. The number of alkyl halides is 2. The topological polar surface area (TPSA) is 78.8 Å². The first-order valence-electron chi connectivity index (χ1n) is 5.79. The van der Waals surface area contributed by atoms with Crippen LogP contribution in [0, 0.1) is 11.3 Å². The minimum Gasteiger partial charge on any atom is -0.434 e. The highest BCUT2D eigenvalue weighted by molar-refractivity contribution is 7.98. The van der Waals surface area contributed by atoms with Crippen molar-refractivity contribution in [2.24, 2.45) is 0 Å². The minimum atomic E-state index is -3.08. The molecule has 0 bridgehead atoms. The van der Waals surface area contributed by atoms with Gasteiger partial charge in [-0.1, -0.05) is 23.4 Å². The molecule has 1 aromatic heterocycles. The van der Waals surface area contributed by atoms with E-state index in [0.717, 1.165) is 11.8 Å². The molecule has 2 aromatic rings. The van der Waals surface area contributed by atoms with Crippen molar-refractivity contribution >= 4 is 23.4 Å². The average molecular weight is 344 g/mol. The summed E-state index contributed by atoms with van der Waals surface area (Å²) in [6.45, 7) is -3.08. The van der Waals surface area contributed by atoms with Crippen molar-refractivity contribution in [1.82, 2.24) is 9.97 Å². The van der Waals surface area contributed by atoms with Gasteiger partial charge in [-0.3, -0.25) is 4.79 Å². The lowest BCUT2D eigenvalue weighted by Crippen LogP contribution is -2.15. The van der Waals surface area contributed by atoms with Crippen LogP contribution in [0.15, 0.2) is 28.2 Å². The fraction of sp³-hybridized carbons (Fsp3) is 0.154. The van der Waals surface area contributed by atoms with E-state index in [4.69, 9.17) is 16.9 Å². The molecule has 0 aliphatic rings. The SMILES string of the molecule is CSc1nc(-c2ccc(Cl)cc2OC(F)F)c(C#N)c(=O)[nH]1. The van der Waals surface area contributed by atoms with Gasteiger partial charge in [0.1, 0.15) is 23.1 Å². The average Bonchev–Trinajstić information content (AvgIpc) is 2.46. The molecule has 22 heavy (non-hydrogen) atoms. The number of hydrogen-bond donors (Lipinski definition) is 1. The van der Waals surface area contributed by atoms with Crippen LogP contribution >= 0.6 is 23.4 Å². The van der Waals surface area contributed by atoms with Crippen LogP contribution < -0.4 is 10.3 Å². The Balaban J connectivity index is 2.73. The molecule has 1 heterocycles. The Hall–Kier alpha value is -2.11. The molecule has 114 valence electrons. The van der Waals surface area contributed by atoms with Crippen LogP contribution in [0.2, 0.25) is 5.02 Å². The lowest BCUT2D eigenvalue weighted by molar-refractivity contribution is -0.0494. The zero-order valence-corrected chi connectivity index (χ0v) is 12.6. The van der Waals surface area contributed by atoms with Crippen LogP contribution in [0.3, 0.4) is 0 Å². The number of aromatic amines is 1. The number of aromatic nitrogens is 2. The van der Waals surface area contributed by atoms with Crippen LogP contribution in [0.5, 0.6) is 5.75 Å². The predicted octanol–water partition coefficient (Wildman–Crippen LogP) is 3.29. The third-order valence-electron chi connectivity index (χ3n) is 2.62. The van der Waals surface area contributed by atoms with E-state index in [0.29, 0.717) is 0 Å². The molecule has 1 N–H and O–H groups in total. The van der Waals surface area contributed by atoms with E-state index in [9.17, 15) is 13.6 Å². The molecule has 0 unspecified atom stereocenters. The van der Waals surface area contributed by atoms with Gasteiger partial charge in [-0.05, 0) is 24.5 Å². The van der Waals surface area contributed by atoms with Gasteiger partial charge in [0.2, 0.25) is 0 Å². The lowest BCUT2D eigenvalue weighted by atomic mass is 10.1. The van der Waals surface area contributed by atoms with Gasteiger partial charge < -0.3 is 9.72 Å². The second-order valence-corrected chi connectivity index (χ2v) is 5.16. The Labute approximate surface area is 132 Å². The van der Waals surface area contributed by atoms with E-state index in [-0.39, 0.29) is 32.7 Å². The number of nitrogens with one attached hydrogen (secondary N) is 1. The summed E-state index contributed by atoms with van der Waals surface area (Å²) in [6, 6.07) is 5.69. The maximum atomic E-state index is 12.5. The Morgan fingerprint density at radius 2 is 2.23 bits per heavy atom. The van der Waals surface area contributed by atoms with Crippen molar-refractivity contribution in [3.8, 4) is 23.1 Å². The molecule has 9 heteroatoms. The summed E-state index contributed by atoms with van der Waals surface area (Å²) < 4.78 is 29.5. The van der Waals surface area contributed by atoms with Gasteiger partial charge in [0.25, 0.3) is 5.56 Å². The second-order valence-electron chi connectivity index (χ2n) is 3.93. The third kappa shape index (κ3) is 3.37. The predicted molar refractivity (Wildman–Crippen MR) is 78.4 cm³/mol. The summed E-state index contributed by atoms with van der Waals surface area (Å²) in [5, 5.41) is 9.54. The van der Waals surface area contributed by atoms with E-state index in [1.165, 1.54) is 18.2 Å². The van der Waals surface area contributed by atoms with E-state index in [1.807, 2.05) is 0 Å². The summed E-state index contributed by atoms with van der Waals surface area (Å²) in [5.41, 5.74) is -0.903. The molecule has 1 aromatic carbocycles. The molecule has 0 amide bonds. The molecule has 0 aliphatic heterocycles. The van der Waals surface area contributed by atoms with E-state index < -0.39 is 12.2 Å². The van der Waals surface area contributed by atoms with Crippen molar-refractivity contribution in [2.45, 2.75) is 11.8 Å². The van der Waals surface area contributed by atoms with Crippen molar-refractivity contribution in [2.75, 3.05) is 6.26 Å². The monoisotopic (exact) mass is 343 g/mol. The van der Waals surface area contributed by atoms with Gasteiger partial charge in [0, 0.05) is 10.6 Å². The fourth-order valence-electron chi connectivity index (χ4n) is 1.73. The molecular weight excluding hydrogens is 336 g/mol. The van der Waals surface area contributed by atoms with Crippen LogP contribution in [-0.2, 0) is 0 Å². The maximum absolute atomic E-state index is 12.5. The summed E-state index contributed by atoms with van der Waals surface area (Å²) in [6.07, 6.45) is 1.67. The molecule has 0 fully saturated rings. The van der Waals surface area contributed by atoms with Gasteiger partial charge in [-0.15, -0.1) is 0 Å². The molecule has 0 saturated heterocycles. The standard InChI is InChI=1S/C13H8ClF2N3O2S/c1-22-13-18-10(8(5-17)11(20)19-13)7-3-2-6(14)4-9(7)21-12(15)16/h2-4,12H,1H3,(H,18,19,20). The maximum Gasteiger partial charge on any atom is 0.387 e. The Bertz CT molecular complexity index is 805. The number of nitrogens with zero attached hydrogens (tertiary/aromatic N) is 2. The number of halogens is 3. The molecular formula is C13H8ClF2N3O2S. The number of hydrogen-bond acceptors (Lipinski definition) is 5. The van der Waals surface area contributed by atoms with E-state index in [2.05, 4.69) is 14.7 Å². The van der Waals surface area contributed by atoms with Crippen LogP contribution in [0.4, 0.5) is 8.78 Å². The largest absolute Gasteiger partial charge is 0.434 e. The number of benzene rings is 1.